The molecule has 0 saturated carbocycles. The maximum atomic E-state index is 12.8. The van der Waals surface area contributed by atoms with Gasteiger partial charge < -0.3 is 25.6 Å². The first kappa shape index (κ1) is 24.3. The van der Waals surface area contributed by atoms with E-state index in [1.54, 1.807) is 17.0 Å². The van der Waals surface area contributed by atoms with Crippen LogP contribution in [-0.2, 0) is 9.53 Å². The van der Waals surface area contributed by atoms with Crippen molar-refractivity contribution in [2.24, 2.45) is 0 Å². The molecule has 2 aromatic carbocycles. The molecule has 0 aromatic heterocycles. The Hall–Kier alpha value is -3.39. The van der Waals surface area contributed by atoms with Crippen molar-refractivity contribution in [3.63, 3.8) is 0 Å². The fraction of sp³-hybridized carbons (Fsp3) is 0.320. The van der Waals surface area contributed by atoms with Gasteiger partial charge in [0.25, 0.3) is 0 Å². The SMILES string of the molecule is CC1=C(C(=O)OC(C)C)C(c2ccc(NC(=O)Nc3ccc(C)c(C)c3)cc2)NC(=S)N1C. The molecule has 3 rings (SSSR count). The highest BCUT2D eigenvalue weighted by molar-refractivity contribution is 7.80. The highest BCUT2D eigenvalue weighted by Crippen LogP contribution is 2.31. The fourth-order valence-corrected chi connectivity index (χ4v) is 3.75. The number of carbonyl (C=O) groups is 2. The number of esters is 1. The standard InChI is InChI=1S/C25H30N4O3S/c1-14(2)32-23(30)21-17(5)29(6)25(33)28-22(21)18-8-11-19(12-9-18)26-24(31)27-20-10-7-15(3)16(4)13-20/h7-14,22H,1-6H3,(H,28,33)(H2,26,27,31). The molecule has 7 nitrogen and oxygen atoms in total. The molecule has 8 heteroatoms. The molecule has 3 N–H and O–H groups in total. The van der Waals surface area contributed by atoms with Gasteiger partial charge in [-0.25, -0.2) is 9.59 Å². The van der Waals surface area contributed by atoms with Crippen molar-refractivity contribution >= 4 is 40.7 Å². The molecular formula is C25H30N4O3S. The van der Waals surface area contributed by atoms with Gasteiger partial charge in [0.2, 0.25) is 0 Å². The van der Waals surface area contributed by atoms with Gasteiger partial charge in [0, 0.05) is 24.1 Å². The maximum Gasteiger partial charge on any atom is 0.338 e. The predicted molar refractivity (Wildman–Crippen MR) is 135 cm³/mol. The highest BCUT2D eigenvalue weighted by Gasteiger charge is 2.33. The van der Waals surface area contributed by atoms with Gasteiger partial charge in [-0.05, 0) is 87.8 Å². The zero-order chi connectivity index (χ0) is 24.3. The lowest BCUT2D eigenvalue weighted by Crippen LogP contribution is -2.46. The molecular weight excluding hydrogens is 436 g/mol. The van der Waals surface area contributed by atoms with Crippen LogP contribution in [0.4, 0.5) is 16.2 Å². The summed E-state index contributed by atoms with van der Waals surface area (Å²) in [5.41, 5.74) is 5.71. The molecule has 0 aliphatic carbocycles. The lowest BCUT2D eigenvalue weighted by Gasteiger charge is -2.35. The quantitative estimate of drug-likeness (QED) is 0.423. The second kappa shape index (κ2) is 10.0. The third kappa shape index (κ3) is 5.70. The number of aryl methyl sites for hydroxylation is 2. The van der Waals surface area contributed by atoms with Crippen LogP contribution in [0.2, 0.25) is 0 Å². The van der Waals surface area contributed by atoms with Crippen LogP contribution < -0.4 is 16.0 Å². The summed E-state index contributed by atoms with van der Waals surface area (Å²) in [5, 5.41) is 9.41. The second-order valence-corrected chi connectivity index (χ2v) is 8.78. The number of urea groups is 1. The normalized spacial score (nSPS) is 15.9. The number of carbonyl (C=O) groups excluding carboxylic acids is 2. The van der Waals surface area contributed by atoms with E-state index in [0.29, 0.717) is 16.4 Å². The van der Waals surface area contributed by atoms with Crippen LogP contribution in [-0.4, -0.2) is 35.2 Å². The van der Waals surface area contributed by atoms with Crippen molar-refractivity contribution in [3.8, 4) is 0 Å². The van der Waals surface area contributed by atoms with Crippen LogP contribution in [0.15, 0.2) is 53.7 Å². The lowest BCUT2D eigenvalue weighted by atomic mass is 9.95. The van der Waals surface area contributed by atoms with Gasteiger partial charge in [-0.2, -0.15) is 0 Å². The molecule has 0 bridgehead atoms. The van der Waals surface area contributed by atoms with Crippen LogP contribution in [0.3, 0.4) is 0 Å². The molecule has 2 amide bonds. The van der Waals surface area contributed by atoms with Crippen LogP contribution >= 0.6 is 12.2 Å². The minimum atomic E-state index is -0.446. The van der Waals surface area contributed by atoms with E-state index in [9.17, 15) is 9.59 Å². The lowest BCUT2D eigenvalue weighted by molar-refractivity contribution is -0.143. The molecule has 0 spiro atoms. The number of hydrogen-bond acceptors (Lipinski definition) is 4. The number of nitrogens with zero attached hydrogens (tertiary/aromatic N) is 1. The summed E-state index contributed by atoms with van der Waals surface area (Å²) < 4.78 is 5.47. The van der Waals surface area contributed by atoms with E-state index in [1.807, 2.05) is 72.0 Å². The molecule has 1 heterocycles. The van der Waals surface area contributed by atoms with Crippen molar-refractivity contribution < 1.29 is 14.3 Å². The first-order valence-corrected chi connectivity index (χ1v) is 11.2. The highest BCUT2D eigenvalue weighted by atomic mass is 32.1. The first-order valence-electron chi connectivity index (χ1n) is 10.8. The third-order valence-corrected chi connectivity index (χ3v) is 5.98. The van der Waals surface area contributed by atoms with Crippen LogP contribution in [0.1, 0.15) is 43.5 Å². The minimum absolute atomic E-state index is 0.236. The first-order chi connectivity index (χ1) is 15.6. The van der Waals surface area contributed by atoms with Gasteiger partial charge in [-0.15, -0.1) is 0 Å². The number of ether oxygens (including phenoxy) is 1. The Bertz CT molecular complexity index is 1110. The summed E-state index contributed by atoms with van der Waals surface area (Å²) in [6, 6.07) is 12.3. The number of amides is 2. The summed E-state index contributed by atoms with van der Waals surface area (Å²) in [4.78, 5) is 27.0. The molecule has 0 fully saturated rings. The molecule has 0 saturated heterocycles. The van der Waals surface area contributed by atoms with Crippen molar-refractivity contribution in [2.75, 3.05) is 17.7 Å². The van der Waals surface area contributed by atoms with Crippen LogP contribution in [0.25, 0.3) is 0 Å². The zero-order valence-electron chi connectivity index (χ0n) is 19.8. The minimum Gasteiger partial charge on any atom is -0.459 e. The van der Waals surface area contributed by atoms with Crippen molar-refractivity contribution in [1.82, 2.24) is 10.2 Å². The van der Waals surface area contributed by atoms with E-state index in [-0.39, 0.29) is 18.1 Å². The van der Waals surface area contributed by atoms with Gasteiger partial charge in [-0.3, -0.25) is 0 Å². The summed E-state index contributed by atoms with van der Waals surface area (Å²) in [5.74, 6) is -0.385. The Labute approximate surface area is 200 Å². The third-order valence-electron chi connectivity index (χ3n) is 5.58. The number of rotatable bonds is 5. The molecule has 1 unspecified atom stereocenters. The number of thiocarbonyl (C=S) groups is 1. The average molecular weight is 467 g/mol. The predicted octanol–water partition coefficient (Wildman–Crippen LogP) is 5.03. The largest absolute Gasteiger partial charge is 0.459 e. The molecule has 1 aliphatic rings. The van der Waals surface area contributed by atoms with E-state index in [1.165, 1.54) is 5.56 Å². The Kier molecular flexibility index (Phi) is 7.38. The summed E-state index contributed by atoms with van der Waals surface area (Å²) in [6.45, 7) is 9.51. The number of benzene rings is 2. The second-order valence-electron chi connectivity index (χ2n) is 8.39. The Morgan fingerprint density at radius 1 is 1.00 bits per heavy atom. The number of allylic oxidation sites excluding steroid dienone is 1. The molecule has 2 aromatic rings. The molecule has 0 radical (unpaired) electrons. The van der Waals surface area contributed by atoms with Crippen LogP contribution in [0, 0.1) is 13.8 Å². The number of anilines is 2. The van der Waals surface area contributed by atoms with E-state index in [0.717, 1.165) is 22.5 Å². The van der Waals surface area contributed by atoms with Crippen molar-refractivity contribution in [2.45, 2.75) is 46.8 Å². The van der Waals surface area contributed by atoms with E-state index >= 15 is 0 Å². The number of nitrogens with one attached hydrogen (secondary N) is 3. The van der Waals surface area contributed by atoms with Crippen LogP contribution in [0.5, 0.6) is 0 Å². The Balaban J connectivity index is 1.77. The van der Waals surface area contributed by atoms with E-state index in [4.69, 9.17) is 17.0 Å². The number of hydrogen-bond donors (Lipinski definition) is 3. The monoisotopic (exact) mass is 466 g/mol. The van der Waals surface area contributed by atoms with Gasteiger partial charge in [0.05, 0.1) is 17.7 Å². The maximum absolute atomic E-state index is 12.8. The van der Waals surface area contributed by atoms with Gasteiger partial charge in [0.1, 0.15) is 0 Å². The van der Waals surface area contributed by atoms with Crippen molar-refractivity contribution in [1.29, 1.82) is 0 Å². The summed E-state index contributed by atoms with van der Waals surface area (Å²) in [7, 11) is 1.81. The van der Waals surface area contributed by atoms with E-state index in [2.05, 4.69) is 16.0 Å². The molecule has 33 heavy (non-hydrogen) atoms. The van der Waals surface area contributed by atoms with Gasteiger partial charge in [-0.1, -0.05) is 18.2 Å². The molecule has 1 atom stereocenters. The average Bonchev–Trinajstić information content (AvgIpc) is 2.74. The fourth-order valence-electron chi connectivity index (χ4n) is 3.50. The van der Waals surface area contributed by atoms with Gasteiger partial charge >= 0.3 is 12.0 Å². The summed E-state index contributed by atoms with van der Waals surface area (Å²) in [6.07, 6.45) is -0.236. The Morgan fingerprint density at radius 3 is 2.21 bits per heavy atom. The van der Waals surface area contributed by atoms with Crippen molar-refractivity contribution in [3.05, 3.63) is 70.4 Å². The zero-order valence-corrected chi connectivity index (χ0v) is 20.6. The Morgan fingerprint density at radius 2 is 1.61 bits per heavy atom. The molecule has 1 aliphatic heterocycles. The summed E-state index contributed by atoms with van der Waals surface area (Å²) >= 11 is 5.44. The smallest absolute Gasteiger partial charge is 0.338 e. The van der Waals surface area contributed by atoms with E-state index < -0.39 is 6.04 Å². The molecule has 174 valence electrons. The topological polar surface area (TPSA) is 82.7 Å². The van der Waals surface area contributed by atoms with Gasteiger partial charge in [0.15, 0.2) is 5.11 Å².